The van der Waals surface area contributed by atoms with Crippen LogP contribution >= 0.6 is 0 Å². The van der Waals surface area contributed by atoms with Crippen molar-refractivity contribution in [1.82, 2.24) is 26.6 Å². The van der Waals surface area contributed by atoms with Gasteiger partial charge in [0.1, 0.15) is 24.1 Å². The zero-order chi connectivity index (χ0) is 21.9. The van der Waals surface area contributed by atoms with Crippen LogP contribution in [0.25, 0.3) is 0 Å². The maximum Gasteiger partial charge on any atom is 0.244 e. The molecule has 0 unspecified atom stereocenters. The van der Waals surface area contributed by atoms with Crippen molar-refractivity contribution in [3.63, 3.8) is 0 Å². The van der Waals surface area contributed by atoms with E-state index in [1.165, 1.54) is 6.26 Å². The highest BCUT2D eigenvalue weighted by molar-refractivity contribution is 5.99. The third-order valence-corrected chi connectivity index (χ3v) is 3.88. The summed E-state index contributed by atoms with van der Waals surface area (Å²) in [4.78, 5) is 71.0. The summed E-state index contributed by atoms with van der Waals surface area (Å²) >= 11 is 0. The lowest BCUT2D eigenvalue weighted by molar-refractivity contribution is -0.130. The molecule has 5 amide bonds. The van der Waals surface area contributed by atoms with Crippen molar-refractivity contribution >= 4 is 35.8 Å². The maximum atomic E-state index is 12.4. The van der Waals surface area contributed by atoms with Crippen LogP contribution in [0.3, 0.4) is 0 Å². The summed E-state index contributed by atoms with van der Waals surface area (Å²) < 4.78 is 5.18. The van der Waals surface area contributed by atoms with Gasteiger partial charge in [-0.2, -0.15) is 0 Å². The molecule has 12 heteroatoms. The third-order valence-electron chi connectivity index (χ3n) is 3.88. The van der Waals surface area contributed by atoms with Crippen LogP contribution < -0.4 is 26.6 Å². The Morgan fingerprint density at radius 3 is 2.37 bits per heavy atom. The van der Waals surface area contributed by atoms with Gasteiger partial charge in [0.2, 0.25) is 29.5 Å². The molecule has 1 aromatic heterocycles. The largest absolute Gasteiger partial charge is 0.469 e. The van der Waals surface area contributed by atoms with Gasteiger partial charge >= 0.3 is 0 Å². The van der Waals surface area contributed by atoms with E-state index in [1.54, 1.807) is 12.1 Å². The van der Waals surface area contributed by atoms with Gasteiger partial charge in [0.15, 0.2) is 0 Å². The summed E-state index contributed by atoms with van der Waals surface area (Å²) in [5.41, 5.74) is 0. The van der Waals surface area contributed by atoms with E-state index in [-0.39, 0.29) is 13.0 Å². The molecular weight excluding hydrogens is 398 g/mol. The Morgan fingerprint density at radius 2 is 1.67 bits per heavy atom. The molecule has 0 fully saturated rings. The number of rotatable bonds is 3. The minimum Gasteiger partial charge on any atom is -0.469 e. The molecule has 160 valence electrons. The number of hydrogen-bond acceptors (Lipinski definition) is 7. The topological polar surface area (TPSA) is 176 Å². The van der Waals surface area contributed by atoms with Crippen molar-refractivity contribution in [2.75, 3.05) is 19.6 Å². The van der Waals surface area contributed by atoms with Gasteiger partial charge in [-0.1, -0.05) is 0 Å². The highest BCUT2D eigenvalue weighted by Crippen LogP contribution is 2.04. The van der Waals surface area contributed by atoms with E-state index in [0.717, 1.165) is 12.2 Å². The number of aldehydes is 1. The summed E-state index contributed by atoms with van der Waals surface area (Å²) in [5, 5.41) is 11.8. The van der Waals surface area contributed by atoms with E-state index in [2.05, 4.69) is 26.6 Å². The molecule has 0 aromatic carbocycles. The standard InChI is InChI=1S/C18H21N5O7/c24-10-11-7-19-16(27)8-21-18(29)13(6-12-2-1-5-30-12)23-17(28)9-20-14(25)3-4-15(26)22-11/h1-5,10-11,13H,6-9H2,(H,19,27)(H,20,25)(H,21,29)(H,22,26)(H,23,28)/b4-3-/t11-,13-/m0/s1. The van der Waals surface area contributed by atoms with Crippen LogP contribution in [0.1, 0.15) is 5.76 Å². The van der Waals surface area contributed by atoms with Crippen molar-refractivity contribution in [3.8, 4) is 0 Å². The van der Waals surface area contributed by atoms with E-state index < -0.39 is 54.7 Å². The normalized spacial score (nSPS) is 23.1. The predicted molar refractivity (Wildman–Crippen MR) is 101 cm³/mol. The summed E-state index contributed by atoms with van der Waals surface area (Å²) in [6, 6.07) is 1.14. The fraction of sp³-hybridized carbons (Fsp3) is 0.333. The summed E-state index contributed by atoms with van der Waals surface area (Å²) in [5.74, 6) is -2.96. The molecular formula is C18H21N5O7. The molecule has 0 saturated heterocycles. The minimum atomic E-state index is -1.06. The van der Waals surface area contributed by atoms with Crippen molar-refractivity contribution < 1.29 is 33.2 Å². The highest BCUT2D eigenvalue weighted by atomic mass is 16.3. The maximum absolute atomic E-state index is 12.4. The summed E-state index contributed by atoms with van der Waals surface area (Å²) in [6.45, 7) is -1.08. The monoisotopic (exact) mass is 419 g/mol. The Kier molecular flexibility index (Phi) is 8.29. The summed E-state index contributed by atoms with van der Waals surface area (Å²) in [6.07, 6.45) is 3.61. The Balaban J connectivity index is 2.12. The first-order valence-corrected chi connectivity index (χ1v) is 8.95. The zero-order valence-electron chi connectivity index (χ0n) is 15.8. The van der Waals surface area contributed by atoms with Crippen LogP contribution in [-0.2, 0) is 35.2 Å². The lowest BCUT2D eigenvalue weighted by atomic mass is 10.1. The molecule has 0 bridgehead atoms. The lowest BCUT2D eigenvalue weighted by Crippen LogP contribution is -2.52. The number of carbonyl (C=O) groups is 6. The Labute approximate surface area is 170 Å². The van der Waals surface area contributed by atoms with Crippen LogP contribution in [0, 0.1) is 0 Å². The molecule has 0 radical (unpaired) electrons. The van der Waals surface area contributed by atoms with E-state index in [4.69, 9.17) is 4.42 Å². The van der Waals surface area contributed by atoms with Crippen LogP contribution in [0.15, 0.2) is 35.0 Å². The van der Waals surface area contributed by atoms with E-state index in [0.29, 0.717) is 12.0 Å². The second-order valence-electron chi connectivity index (χ2n) is 6.23. The molecule has 30 heavy (non-hydrogen) atoms. The van der Waals surface area contributed by atoms with Crippen molar-refractivity contribution in [3.05, 3.63) is 36.3 Å². The van der Waals surface area contributed by atoms with Crippen molar-refractivity contribution in [2.45, 2.75) is 18.5 Å². The second-order valence-corrected chi connectivity index (χ2v) is 6.23. The van der Waals surface area contributed by atoms with Crippen LogP contribution in [-0.4, -0.2) is 67.5 Å². The molecule has 2 atom stereocenters. The van der Waals surface area contributed by atoms with Gasteiger partial charge in [0.25, 0.3) is 0 Å². The number of hydrogen-bond donors (Lipinski definition) is 5. The lowest BCUT2D eigenvalue weighted by Gasteiger charge is -2.18. The molecule has 0 aliphatic carbocycles. The minimum absolute atomic E-state index is 0.0195. The highest BCUT2D eigenvalue weighted by Gasteiger charge is 2.23. The predicted octanol–water partition coefficient (Wildman–Crippen LogP) is -3.09. The molecule has 2 rings (SSSR count). The molecule has 12 nitrogen and oxygen atoms in total. The second kappa shape index (κ2) is 11.1. The quantitative estimate of drug-likeness (QED) is 0.323. The van der Waals surface area contributed by atoms with Gasteiger partial charge in [-0.3, -0.25) is 24.0 Å². The fourth-order valence-corrected chi connectivity index (χ4v) is 2.40. The van der Waals surface area contributed by atoms with E-state index in [9.17, 15) is 28.8 Å². The van der Waals surface area contributed by atoms with Crippen LogP contribution in [0.5, 0.6) is 0 Å². The van der Waals surface area contributed by atoms with E-state index >= 15 is 0 Å². The van der Waals surface area contributed by atoms with Gasteiger partial charge < -0.3 is 35.8 Å². The Hall–Kier alpha value is -3.96. The fourth-order valence-electron chi connectivity index (χ4n) is 2.40. The van der Waals surface area contributed by atoms with Crippen LogP contribution in [0.4, 0.5) is 0 Å². The van der Waals surface area contributed by atoms with Gasteiger partial charge in [-0.25, -0.2) is 0 Å². The number of furan rings is 1. The molecule has 5 N–H and O–H groups in total. The third kappa shape index (κ3) is 7.58. The molecule has 0 spiro atoms. The molecule has 1 aliphatic heterocycles. The average Bonchev–Trinajstić information content (AvgIpc) is 3.23. The smallest absolute Gasteiger partial charge is 0.244 e. The Morgan fingerprint density at radius 1 is 0.933 bits per heavy atom. The Bertz CT molecular complexity index is 834. The zero-order valence-corrected chi connectivity index (χ0v) is 15.8. The first kappa shape index (κ1) is 22.3. The van der Waals surface area contributed by atoms with Crippen molar-refractivity contribution in [1.29, 1.82) is 0 Å². The number of amides is 5. The van der Waals surface area contributed by atoms with Gasteiger partial charge in [0.05, 0.1) is 19.4 Å². The average molecular weight is 419 g/mol. The molecule has 2 heterocycles. The first-order chi connectivity index (χ1) is 14.4. The van der Waals surface area contributed by atoms with Crippen LogP contribution in [0.2, 0.25) is 0 Å². The first-order valence-electron chi connectivity index (χ1n) is 8.95. The molecule has 1 aliphatic rings. The number of nitrogens with one attached hydrogen (secondary N) is 5. The van der Waals surface area contributed by atoms with E-state index in [1.807, 2.05) is 0 Å². The number of carbonyl (C=O) groups excluding carboxylic acids is 6. The molecule has 0 saturated carbocycles. The van der Waals surface area contributed by atoms with Gasteiger partial charge in [0, 0.05) is 25.1 Å². The van der Waals surface area contributed by atoms with Crippen molar-refractivity contribution in [2.24, 2.45) is 0 Å². The summed E-state index contributed by atoms with van der Waals surface area (Å²) in [7, 11) is 0. The molecule has 1 aromatic rings. The van der Waals surface area contributed by atoms with Gasteiger partial charge in [-0.15, -0.1) is 0 Å². The SMILES string of the molecule is O=C[C@@H]1CNC(=O)CNC(=O)[C@H](Cc2ccco2)NC(=O)CNC(=O)/C=C\C(=O)N1. The van der Waals surface area contributed by atoms with Gasteiger partial charge in [-0.05, 0) is 12.1 Å².